The summed E-state index contributed by atoms with van der Waals surface area (Å²) in [7, 11) is 1.72. The highest BCUT2D eigenvalue weighted by Crippen LogP contribution is 2.20. The van der Waals surface area contributed by atoms with Gasteiger partial charge in [0.2, 0.25) is 0 Å². The summed E-state index contributed by atoms with van der Waals surface area (Å²) in [5, 5.41) is 7.50. The predicted octanol–water partition coefficient (Wildman–Crippen LogP) is 4.18. The van der Waals surface area contributed by atoms with Gasteiger partial charge < -0.3 is 10.1 Å². The van der Waals surface area contributed by atoms with Crippen LogP contribution >= 0.6 is 11.6 Å². The zero-order chi connectivity index (χ0) is 18.9. The van der Waals surface area contributed by atoms with Gasteiger partial charge >= 0.3 is 0 Å². The summed E-state index contributed by atoms with van der Waals surface area (Å²) in [6.07, 6.45) is 5.51. The fourth-order valence-corrected chi connectivity index (χ4v) is 3.15. The van der Waals surface area contributed by atoms with Gasteiger partial charge in [0.15, 0.2) is 0 Å². The lowest BCUT2D eigenvalue weighted by Crippen LogP contribution is -2.29. The summed E-state index contributed by atoms with van der Waals surface area (Å²) in [4.78, 5) is 12.3. The molecule has 0 spiro atoms. The number of nitrogens with one attached hydrogen (secondary N) is 1. The van der Waals surface area contributed by atoms with Crippen molar-refractivity contribution in [2.45, 2.75) is 46.0 Å². The molecule has 5 nitrogen and oxygen atoms in total. The zero-order valence-electron chi connectivity index (χ0n) is 15.8. The second-order valence-electron chi connectivity index (χ2n) is 6.29. The number of hydrogen-bond acceptors (Lipinski definition) is 3. The minimum atomic E-state index is -0.237. The van der Waals surface area contributed by atoms with Crippen LogP contribution in [-0.2, 0) is 19.9 Å². The molecule has 6 heteroatoms. The average molecular weight is 378 g/mol. The number of aromatic nitrogens is 2. The number of ether oxygens (including phenoxy) is 1. The molecular formula is C20H28ClN3O2. The molecule has 0 saturated heterocycles. The topological polar surface area (TPSA) is 56.1 Å². The fourth-order valence-electron chi connectivity index (χ4n) is 2.77. The summed E-state index contributed by atoms with van der Waals surface area (Å²) >= 11 is 6.22. The Kier molecular flexibility index (Phi) is 7.98. The van der Waals surface area contributed by atoms with Crippen LogP contribution in [0.15, 0.2) is 24.3 Å². The summed E-state index contributed by atoms with van der Waals surface area (Å²) in [6, 6.07) is 8.17. The summed E-state index contributed by atoms with van der Waals surface area (Å²) in [5.41, 5.74) is 2.45. The molecular weight excluding hydrogens is 350 g/mol. The highest BCUT2D eigenvalue weighted by molar-refractivity contribution is 6.34. The SMILES string of the molecule is CCCCCc1ccc(OCCNC(=O)c2c(Cl)c(CC)nn2C)cc1. The van der Waals surface area contributed by atoms with Crippen LogP contribution in [0.25, 0.3) is 0 Å². The maximum atomic E-state index is 12.3. The van der Waals surface area contributed by atoms with Crippen LogP contribution in [0, 0.1) is 0 Å². The van der Waals surface area contributed by atoms with Gasteiger partial charge in [-0.05, 0) is 37.0 Å². The van der Waals surface area contributed by atoms with E-state index in [2.05, 4.69) is 29.5 Å². The molecule has 2 aromatic rings. The molecule has 0 fully saturated rings. The third-order valence-corrected chi connectivity index (χ3v) is 4.65. The van der Waals surface area contributed by atoms with Crippen molar-refractivity contribution in [3.63, 3.8) is 0 Å². The second kappa shape index (κ2) is 10.2. The first-order valence-electron chi connectivity index (χ1n) is 9.28. The van der Waals surface area contributed by atoms with Gasteiger partial charge in [-0.25, -0.2) is 0 Å². The predicted molar refractivity (Wildman–Crippen MR) is 105 cm³/mol. The van der Waals surface area contributed by atoms with E-state index in [1.54, 1.807) is 7.05 Å². The van der Waals surface area contributed by atoms with Gasteiger partial charge in [0.25, 0.3) is 5.91 Å². The molecule has 0 atom stereocenters. The van der Waals surface area contributed by atoms with Crippen LogP contribution in [-0.4, -0.2) is 28.8 Å². The molecule has 0 aliphatic heterocycles. The van der Waals surface area contributed by atoms with Crippen LogP contribution in [0.5, 0.6) is 5.75 Å². The third kappa shape index (κ3) is 5.49. The molecule has 1 N–H and O–H groups in total. The van der Waals surface area contributed by atoms with Gasteiger partial charge in [0.05, 0.1) is 17.3 Å². The number of carbonyl (C=O) groups excluding carboxylic acids is 1. The van der Waals surface area contributed by atoms with Crippen molar-refractivity contribution in [1.29, 1.82) is 0 Å². The Hall–Kier alpha value is -2.01. The van der Waals surface area contributed by atoms with Crippen LogP contribution in [0.1, 0.15) is 54.9 Å². The largest absolute Gasteiger partial charge is 0.492 e. The smallest absolute Gasteiger partial charge is 0.271 e. The van der Waals surface area contributed by atoms with Crippen LogP contribution in [0.4, 0.5) is 0 Å². The number of aryl methyl sites for hydroxylation is 3. The van der Waals surface area contributed by atoms with E-state index in [1.807, 2.05) is 19.1 Å². The zero-order valence-corrected chi connectivity index (χ0v) is 16.6. The van der Waals surface area contributed by atoms with E-state index in [0.29, 0.717) is 30.3 Å². The van der Waals surface area contributed by atoms with E-state index in [9.17, 15) is 4.79 Å². The van der Waals surface area contributed by atoms with Crippen molar-refractivity contribution in [2.75, 3.05) is 13.2 Å². The van der Waals surface area contributed by atoms with E-state index in [0.717, 1.165) is 17.9 Å². The van der Waals surface area contributed by atoms with Crippen molar-refractivity contribution < 1.29 is 9.53 Å². The Balaban J connectivity index is 1.76. The minimum Gasteiger partial charge on any atom is -0.492 e. The molecule has 26 heavy (non-hydrogen) atoms. The molecule has 1 heterocycles. The summed E-state index contributed by atoms with van der Waals surface area (Å²) < 4.78 is 7.21. The lowest BCUT2D eigenvalue weighted by atomic mass is 10.1. The number of rotatable bonds is 10. The van der Waals surface area contributed by atoms with Gasteiger partial charge in [-0.15, -0.1) is 0 Å². The number of unbranched alkanes of at least 4 members (excludes halogenated alkanes) is 2. The highest BCUT2D eigenvalue weighted by atomic mass is 35.5. The number of carbonyl (C=O) groups is 1. The number of amides is 1. The van der Waals surface area contributed by atoms with E-state index >= 15 is 0 Å². The average Bonchev–Trinajstić information content (AvgIpc) is 2.93. The lowest BCUT2D eigenvalue weighted by molar-refractivity contribution is 0.0937. The van der Waals surface area contributed by atoms with Crippen molar-refractivity contribution in [3.05, 3.63) is 46.2 Å². The fraction of sp³-hybridized carbons (Fsp3) is 0.500. The standard InChI is InChI=1S/C20H28ClN3O2/c1-4-6-7-8-15-9-11-16(12-10-15)26-14-13-22-20(25)19-18(21)17(5-2)23-24(19)3/h9-12H,4-8,13-14H2,1-3H3,(H,22,25). The first-order chi connectivity index (χ1) is 12.6. The maximum absolute atomic E-state index is 12.3. The van der Waals surface area contributed by atoms with Gasteiger partial charge in [-0.2, -0.15) is 5.10 Å². The monoisotopic (exact) mass is 377 g/mol. The van der Waals surface area contributed by atoms with Crippen LogP contribution < -0.4 is 10.1 Å². The Bertz CT molecular complexity index is 711. The molecule has 1 amide bonds. The van der Waals surface area contributed by atoms with Crippen molar-refractivity contribution >= 4 is 17.5 Å². The molecule has 2 rings (SSSR count). The Labute approximate surface area is 160 Å². The van der Waals surface area contributed by atoms with Crippen LogP contribution in [0.3, 0.4) is 0 Å². The second-order valence-corrected chi connectivity index (χ2v) is 6.67. The summed E-state index contributed by atoms with van der Waals surface area (Å²) in [6.45, 7) is 4.97. The molecule has 0 aliphatic carbocycles. The van der Waals surface area contributed by atoms with Gasteiger partial charge in [0.1, 0.15) is 18.1 Å². The Morgan fingerprint density at radius 1 is 1.23 bits per heavy atom. The van der Waals surface area contributed by atoms with Crippen molar-refractivity contribution in [1.82, 2.24) is 15.1 Å². The minimum absolute atomic E-state index is 0.237. The highest BCUT2D eigenvalue weighted by Gasteiger charge is 2.19. The van der Waals surface area contributed by atoms with Crippen molar-refractivity contribution in [3.8, 4) is 5.75 Å². The third-order valence-electron chi connectivity index (χ3n) is 4.25. The maximum Gasteiger partial charge on any atom is 0.271 e. The van der Waals surface area contributed by atoms with Gasteiger partial charge in [0, 0.05) is 7.05 Å². The van der Waals surface area contributed by atoms with E-state index in [4.69, 9.17) is 16.3 Å². The molecule has 0 unspecified atom stereocenters. The number of nitrogens with zero attached hydrogens (tertiary/aromatic N) is 2. The quantitative estimate of drug-likeness (QED) is 0.632. The first kappa shape index (κ1) is 20.3. The molecule has 0 bridgehead atoms. The van der Waals surface area contributed by atoms with Crippen LogP contribution in [0.2, 0.25) is 5.02 Å². The number of halogens is 1. The van der Waals surface area contributed by atoms with Gasteiger partial charge in [-0.3, -0.25) is 9.48 Å². The lowest BCUT2D eigenvalue weighted by Gasteiger charge is -2.09. The first-order valence-corrected chi connectivity index (χ1v) is 9.65. The molecule has 0 saturated carbocycles. The normalized spacial score (nSPS) is 10.8. The van der Waals surface area contributed by atoms with E-state index in [-0.39, 0.29) is 5.91 Å². The number of hydrogen-bond donors (Lipinski definition) is 1. The molecule has 0 radical (unpaired) electrons. The molecule has 0 aliphatic rings. The van der Waals surface area contributed by atoms with E-state index in [1.165, 1.54) is 29.5 Å². The van der Waals surface area contributed by atoms with Crippen molar-refractivity contribution in [2.24, 2.45) is 7.05 Å². The molecule has 1 aromatic carbocycles. The van der Waals surface area contributed by atoms with E-state index < -0.39 is 0 Å². The number of benzene rings is 1. The Morgan fingerprint density at radius 2 is 1.96 bits per heavy atom. The molecule has 142 valence electrons. The summed E-state index contributed by atoms with van der Waals surface area (Å²) in [5.74, 6) is 0.574. The van der Waals surface area contributed by atoms with Gasteiger partial charge in [-0.1, -0.05) is 50.4 Å². The Morgan fingerprint density at radius 3 is 2.58 bits per heavy atom. The molecule has 1 aromatic heterocycles.